The van der Waals surface area contributed by atoms with Gasteiger partial charge in [-0.15, -0.1) is 0 Å². The van der Waals surface area contributed by atoms with Crippen molar-refractivity contribution in [1.29, 1.82) is 0 Å². The van der Waals surface area contributed by atoms with Crippen LogP contribution in [0.1, 0.15) is 11.4 Å². The number of anilines is 2. The quantitative estimate of drug-likeness (QED) is 0.413. The number of thiazole rings is 1. The van der Waals surface area contributed by atoms with Gasteiger partial charge in [-0.2, -0.15) is 0 Å². The van der Waals surface area contributed by atoms with E-state index in [4.69, 9.17) is 16.7 Å². The highest BCUT2D eigenvalue weighted by Crippen LogP contribution is 2.34. The van der Waals surface area contributed by atoms with Gasteiger partial charge in [0.2, 0.25) is 0 Å². The van der Waals surface area contributed by atoms with Crippen LogP contribution in [0.15, 0.2) is 59.0 Å². The number of halogens is 1. The fourth-order valence-corrected chi connectivity index (χ4v) is 4.28. The molecule has 0 spiro atoms. The number of hydrogen-bond donors (Lipinski definition) is 2. The molecule has 1 aromatic carbocycles. The second-order valence-electron chi connectivity index (χ2n) is 5.92. The van der Waals surface area contributed by atoms with Gasteiger partial charge in [-0.1, -0.05) is 35.1 Å². The average molecular weight is 443 g/mol. The molecule has 0 amide bonds. The summed E-state index contributed by atoms with van der Waals surface area (Å²) < 4.78 is 0. The van der Waals surface area contributed by atoms with Crippen molar-refractivity contribution < 1.29 is 5.11 Å². The lowest BCUT2D eigenvalue weighted by Crippen LogP contribution is -1.96. The van der Waals surface area contributed by atoms with Crippen LogP contribution >= 0.6 is 34.7 Å². The fraction of sp³-hybridized carbons (Fsp3) is 0.105. The second kappa shape index (κ2) is 8.83. The number of nitrogens with one attached hydrogen (secondary N) is 1. The third kappa shape index (κ3) is 4.88. The first kappa shape index (κ1) is 19.7. The molecule has 0 saturated carbocycles. The molecule has 3 aromatic heterocycles. The van der Waals surface area contributed by atoms with Crippen LogP contribution in [0.2, 0.25) is 5.02 Å². The van der Waals surface area contributed by atoms with Crippen molar-refractivity contribution in [1.82, 2.24) is 24.9 Å². The summed E-state index contributed by atoms with van der Waals surface area (Å²) in [6, 6.07) is 9.53. The van der Waals surface area contributed by atoms with Crippen molar-refractivity contribution >= 4 is 45.6 Å². The Kier molecular flexibility index (Phi) is 6.00. The summed E-state index contributed by atoms with van der Waals surface area (Å²) in [7, 11) is 0. The Balaban J connectivity index is 1.55. The summed E-state index contributed by atoms with van der Waals surface area (Å²) in [5.41, 5.74) is 2.16. The highest BCUT2D eigenvalue weighted by atomic mass is 35.5. The van der Waals surface area contributed by atoms with Crippen molar-refractivity contribution in [2.75, 3.05) is 5.32 Å². The number of hydrogen-bond acceptors (Lipinski definition) is 9. The molecule has 7 nitrogen and oxygen atoms in total. The highest BCUT2D eigenvalue weighted by Gasteiger charge is 2.12. The van der Waals surface area contributed by atoms with E-state index in [0.717, 1.165) is 21.2 Å². The lowest BCUT2D eigenvalue weighted by atomic mass is 10.3. The molecule has 0 saturated heterocycles. The van der Waals surface area contributed by atoms with Gasteiger partial charge in [-0.25, -0.2) is 19.9 Å². The van der Waals surface area contributed by atoms with E-state index in [2.05, 4.69) is 30.2 Å². The first-order valence-corrected chi connectivity index (χ1v) is 10.5. The molecule has 0 aliphatic carbocycles. The Bertz CT molecular complexity index is 1140. The Morgan fingerprint density at radius 1 is 1.10 bits per heavy atom. The summed E-state index contributed by atoms with van der Waals surface area (Å²) in [6.45, 7) is 1.79. The SMILES string of the molecule is Cc1cc(-c2cnc(Nc3cnc(CO)cn3)s2)nc(Sc2ccccc2Cl)n1. The molecule has 0 bridgehead atoms. The van der Waals surface area contributed by atoms with Crippen LogP contribution in [-0.4, -0.2) is 30.0 Å². The Morgan fingerprint density at radius 2 is 1.97 bits per heavy atom. The van der Waals surface area contributed by atoms with Gasteiger partial charge in [-0.3, -0.25) is 4.98 Å². The van der Waals surface area contributed by atoms with Gasteiger partial charge in [0.05, 0.1) is 40.3 Å². The minimum Gasteiger partial charge on any atom is -0.390 e. The molecule has 3 heterocycles. The molecule has 0 fully saturated rings. The van der Waals surface area contributed by atoms with Crippen molar-refractivity contribution in [3.05, 3.63) is 65.3 Å². The summed E-state index contributed by atoms with van der Waals surface area (Å²) in [6.07, 6.45) is 4.83. The molecular weight excluding hydrogens is 428 g/mol. The van der Waals surface area contributed by atoms with Crippen molar-refractivity contribution in [3.8, 4) is 10.6 Å². The number of rotatable bonds is 6. The van der Waals surface area contributed by atoms with Crippen LogP contribution in [-0.2, 0) is 6.61 Å². The van der Waals surface area contributed by atoms with E-state index in [1.807, 2.05) is 37.3 Å². The monoisotopic (exact) mass is 442 g/mol. The van der Waals surface area contributed by atoms with Crippen LogP contribution in [0.5, 0.6) is 0 Å². The van der Waals surface area contributed by atoms with Gasteiger partial charge in [0.15, 0.2) is 16.1 Å². The normalized spacial score (nSPS) is 10.9. The van der Waals surface area contributed by atoms with Gasteiger partial charge in [0.25, 0.3) is 0 Å². The maximum atomic E-state index is 9.05. The second-order valence-corrected chi connectivity index (χ2v) is 8.36. The van der Waals surface area contributed by atoms with E-state index in [9.17, 15) is 0 Å². The molecule has 0 aliphatic heterocycles. The van der Waals surface area contributed by atoms with E-state index in [-0.39, 0.29) is 6.61 Å². The van der Waals surface area contributed by atoms with E-state index < -0.39 is 0 Å². The van der Waals surface area contributed by atoms with Crippen LogP contribution in [0.4, 0.5) is 10.9 Å². The van der Waals surface area contributed by atoms with Gasteiger partial charge in [0, 0.05) is 16.8 Å². The summed E-state index contributed by atoms with van der Waals surface area (Å²) >= 11 is 9.13. The fourth-order valence-electron chi connectivity index (χ4n) is 2.40. The lowest BCUT2D eigenvalue weighted by Gasteiger charge is -2.05. The number of aliphatic hydroxyl groups excluding tert-OH is 1. The largest absolute Gasteiger partial charge is 0.390 e. The van der Waals surface area contributed by atoms with E-state index in [1.54, 1.807) is 12.4 Å². The third-order valence-electron chi connectivity index (χ3n) is 3.73. The Labute approximate surface area is 180 Å². The van der Waals surface area contributed by atoms with Gasteiger partial charge < -0.3 is 10.4 Å². The summed E-state index contributed by atoms with van der Waals surface area (Å²) in [5.74, 6) is 0.553. The van der Waals surface area contributed by atoms with Crippen LogP contribution < -0.4 is 5.32 Å². The standard InChI is InChI=1S/C19H15ClN6OS2/c1-11-6-14(25-19(24-11)28-15-5-3-2-4-13(15)20)16-8-23-18(29-16)26-17-9-21-12(10-27)7-22-17/h2-9,27H,10H2,1H3,(H,22,23,26). The predicted octanol–water partition coefficient (Wildman–Crippen LogP) is 4.74. The number of benzene rings is 1. The maximum absolute atomic E-state index is 9.05. The zero-order chi connectivity index (χ0) is 20.2. The van der Waals surface area contributed by atoms with E-state index in [0.29, 0.717) is 26.8 Å². The Hall–Kier alpha value is -2.59. The molecule has 4 rings (SSSR count). The maximum Gasteiger partial charge on any atom is 0.193 e. The number of aliphatic hydroxyl groups is 1. The van der Waals surface area contributed by atoms with Crippen LogP contribution in [0, 0.1) is 6.92 Å². The molecule has 0 unspecified atom stereocenters. The predicted molar refractivity (Wildman–Crippen MR) is 115 cm³/mol. The third-order valence-corrected chi connectivity index (χ3v) is 6.05. The zero-order valence-corrected chi connectivity index (χ0v) is 17.6. The molecule has 0 radical (unpaired) electrons. The number of nitrogens with zero attached hydrogens (tertiary/aromatic N) is 5. The zero-order valence-electron chi connectivity index (χ0n) is 15.2. The summed E-state index contributed by atoms with van der Waals surface area (Å²) in [4.78, 5) is 23.7. The van der Waals surface area contributed by atoms with Crippen LogP contribution in [0.3, 0.4) is 0 Å². The molecule has 0 atom stereocenters. The molecule has 4 aromatic rings. The van der Waals surface area contributed by atoms with Gasteiger partial charge in [-0.05, 0) is 36.9 Å². The van der Waals surface area contributed by atoms with Crippen molar-refractivity contribution in [3.63, 3.8) is 0 Å². The smallest absolute Gasteiger partial charge is 0.193 e. The van der Waals surface area contributed by atoms with Gasteiger partial charge >= 0.3 is 0 Å². The minimum absolute atomic E-state index is 0.143. The first-order chi connectivity index (χ1) is 14.1. The van der Waals surface area contributed by atoms with Gasteiger partial charge in [0.1, 0.15) is 0 Å². The van der Waals surface area contributed by atoms with Crippen molar-refractivity contribution in [2.24, 2.45) is 0 Å². The number of aromatic nitrogens is 5. The Morgan fingerprint density at radius 3 is 2.72 bits per heavy atom. The number of aryl methyl sites for hydroxylation is 1. The minimum atomic E-state index is -0.143. The van der Waals surface area contributed by atoms with Crippen LogP contribution in [0.25, 0.3) is 10.6 Å². The highest BCUT2D eigenvalue weighted by molar-refractivity contribution is 7.99. The lowest BCUT2D eigenvalue weighted by molar-refractivity contribution is 0.276. The molecule has 10 heteroatoms. The van der Waals surface area contributed by atoms with Crippen molar-refractivity contribution in [2.45, 2.75) is 23.6 Å². The molecule has 2 N–H and O–H groups in total. The summed E-state index contributed by atoms with van der Waals surface area (Å²) in [5, 5.41) is 14.1. The molecule has 0 aliphatic rings. The molecular formula is C19H15ClN6OS2. The average Bonchev–Trinajstić information content (AvgIpc) is 3.18. The molecule has 29 heavy (non-hydrogen) atoms. The first-order valence-electron chi connectivity index (χ1n) is 8.54. The molecule has 146 valence electrons. The van der Waals surface area contributed by atoms with E-state index >= 15 is 0 Å². The topological polar surface area (TPSA) is 96.7 Å². The van der Waals surface area contributed by atoms with E-state index in [1.165, 1.54) is 29.3 Å².